The van der Waals surface area contributed by atoms with Gasteiger partial charge in [0.2, 0.25) is 5.91 Å². The molecule has 0 aromatic rings. The van der Waals surface area contributed by atoms with Crippen LogP contribution in [0.25, 0.3) is 0 Å². The molecule has 0 aliphatic carbocycles. The summed E-state index contributed by atoms with van der Waals surface area (Å²) >= 11 is 1.49. The van der Waals surface area contributed by atoms with Crippen LogP contribution in [0, 0.1) is 0 Å². The molecule has 1 amide bonds. The predicted octanol–water partition coefficient (Wildman–Crippen LogP) is 1.11. The van der Waals surface area contributed by atoms with Gasteiger partial charge in [-0.3, -0.25) is 9.59 Å². The van der Waals surface area contributed by atoms with Gasteiger partial charge >= 0.3 is 5.97 Å². The molecule has 0 heterocycles. The Hall–Kier alpha value is -0.710. The van der Waals surface area contributed by atoms with E-state index in [1.807, 2.05) is 6.26 Å². The Balaban J connectivity index is 3.13. The maximum absolute atomic E-state index is 11.0. The van der Waals surface area contributed by atoms with Gasteiger partial charge in [0.1, 0.15) is 0 Å². The van der Waals surface area contributed by atoms with Crippen molar-refractivity contribution in [2.75, 3.05) is 18.6 Å². The fourth-order valence-corrected chi connectivity index (χ4v) is 1.35. The lowest BCUT2D eigenvalue weighted by atomic mass is 10.2. The molecule has 5 heteroatoms. The van der Waals surface area contributed by atoms with Crippen LogP contribution in [-0.2, 0) is 9.59 Å². The molecule has 0 saturated heterocycles. The second-order valence-corrected chi connectivity index (χ2v) is 3.85. The average Bonchev–Trinajstić information content (AvgIpc) is 2.11. The van der Waals surface area contributed by atoms with E-state index in [2.05, 4.69) is 5.32 Å². The van der Waals surface area contributed by atoms with Crippen molar-refractivity contribution in [3.63, 3.8) is 0 Å². The summed E-state index contributed by atoms with van der Waals surface area (Å²) in [5, 5.41) is 11.1. The number of rotatable bonds is 8. The molecule has 14 heavy (non-hydrogen) atoms. The molecule has 0 spiro atoms. The molecule has 0 saturated carbocycles. The number of nitrogens with one attached hydrogen (secondary N) is 1. The largest absolute Gasteiger partial charge is 0.481 e. The van der Waals surface area contributed by atoms with Crippen molar-refractivity contribution < 1.29 is 14.7 Å². The molecule has 0 atom stereocenters. The van der Waals surface area contributed by atoms with Gasteiger partial charge in [-0.25, -0.2) is 0 Å². The highest BCUT2D eigenvalue weighted by molar-refractivity contribution is 7.99. The second kappa shape index (κ2) is 8.87. The van der Waals surface area contributed by atoms with E-state index in [4.69, 9.17) is 5.11 Å². The predicted molar refractivity (Wildman–Crippen MR) is 57.5 cm³/mol. The van der Waals surface area contributed by atoms with Crippen molar-refractivity contribution in [2.24, 2.45) is 0 Å². The Labute approximate surface area is 88.4 Å². The molecular formula is C9H17NO3S. The number of carboxylic acids is 1. The Morgan fingerprint density at radius 3 is 2.57 bits per heavy atom. The SMILES string of the molecule is CSCC(=O)NCCCCCC(=O)O. The van der Waals surface area contributed by atoms with Gasteiger partial charge in [0.25, 0.3) is 0 Å². The van der Waals surface area contributed by atoms with Crippen LogP contribution in [0.2, 0.25) is 0 Å². The Bertz CT molecular complexity index is 185. The minimum Gasteiger partial charge on any atom is -0.481 e. The van der Waals surface area contributed by atoms with E-state index in [1.54, 1.807) is 0 Å². The number of carbonyl (C=O) groups is 2. The van der Waals surface area contributed by atoms with E-state index >= 15 is 0 Å². The quantitative estimate of drug-likeness (QED) is 0.600. The van der Waals surface area contributed by atoms with Gasteiger partial charge in [0.15, 0.2) is 0 Å². The van der Waals surface area contributed by atoms with E-state index in [1.165, 1.54) is 11.8 Å². The molecule has 4 nitrogen and oxygen atoms in total. The van der Waals surface area contributed by atoms with Gasteiger partial charge in [0.05, 0.1) is 5.75 Å². The van der Waals surface area contributed by atoms with E-state index in [0.717, 1.165) is 12.8 Å². The lowest BCUT2D eigenvalue weighted by Gasteiger charge is -2.02. The highest BCUT2D eigenvalue weighted by Gasteiger charge is 1.99. The van der Waals surface area contributed by atoms with Crippen molar-refractivity contribution in [3.05, 3.63) is 0 Å². The van der Waals surface area contributed by atoms with E-state index < -0.39 is 5.97 Å². The molecule has 0 bridgehead atoms. The molecular weight excluding hydrogens is 202 g/mol. The van der Waals surface area contributed by atoms with Crippen molar-refractivity contribution >= 4 is 23.6 Å². The maximum Gasteiger partial charge on any atom is 0.303 e. The monoisotopic (exact) mass is 219 g/mol. The number of hydrogen-bond acceptors (Lipinski definition) is 3. The van der Waals surface area contributed by atoms with Crippen molar-refractivity contribution in [2.45, 2.75) is 25.7 Å². The first-order chi connectivity index (χ1) is 6.66. The summed E-state index contributed by atoms with van der Waals surface area (Å²) in [6.07, 6.45) is 4.50. The van der Waals surface area contributed by atoms with Gasteiger partial charge in [-0.2, -0.15) is 11.8 Å². The van der Waals surface area contributed by atoms with Crippen molar-refractivity contribution in [3.8, 4) is 0 Å². The summed E-state index contributed by atoms with van der Waals surface area (Å²) in [5.41, 5.74) is 0. The highest BCUT2D eigenvalue weighted by Crippen LogP contribution is 1.98. The summed E-state index contributed by atoms with van der Waals surface area (Å²) in [5.74, 6) is -0.207. The van der Waals surface area contributed by atoms with E-state index in [9.17, 15) is 9.59 Å². The lowest BCUT2D eigenvalue weighted by Crippen LogP contribution is -2.25. The number of carbonyl (C=O) groups excluding carboxylic acids is 1. The Kier molecular flexibility index (Phi) is 8.42. The standard InChI is InChI=1S/C9H17NO3S/c1-14-7-8(11)10-6-4-2-3-5-9(12)13/h2-7H2,1H3,(H,10,11)(H,12,13). The zero-order valence-corrected chi connectivity index (χ0v) is 9.23. The molecule has 2 N–H and O–H groups in total. The molecule has 0 aromatic heterocycles. The molecule has 0 aliphatic rings. The number of carboxylic acid groups (broad SMARTS) is 1. The van der Waals surface area contributed by atoms with Gasteiger partial charge in [0, 0.05) is 13.0 Å². The van der Waals surface area contributed by atoms with Crippen molar-refractivity contribution in [1.82, 2.24) is 5.32 Å². The van der Waals surface area contributed by atoms with Crippen LogP contribution in [0.1, 0.15) is 25.7 Å². The highest BCUT2D eigenvalue weighted by atomic mass is 32.2. The van der Waals surface area contributed by atoms with Crippen LogP contribution in [0.5, 0.6) is 0 Å². The summed E-state index contributed by atoms with van der Waals surface area (Å²) in [4.78, 5) is 21.1. The third-order valence-electron chi connectivity index (χ3n) is 1.67. The van der Waals surface area contributed by atoms with Gasteiger partial charge in [-0.05, 0) is 19.1 Å². The number of thioether (sulfide) groups is 1. The van der Waals surface area contributed by atoms with Crippen molar-refractivity contribution in [1.29, 1.82) is 0 Å². The summed E-state index contributed by atoms with van der Waals surface area (Å²) in [6, 6.07) is 0. The number of unbranched alkanes of at least 4 members (excludes halogenated alkanes) is 2. The van der Waals surface area contributed by atoms with E-state index in [0.29, 0.717) is 18.7 Å². The summed E-state index contributed by atoms with van der Waals surface area (Å²) < 4.78 is 0. The van der Waals surface area contributed by atoms with E-state index in [-0.39, 0.29) is 12.3 Å². The first kappa shape index (κ1) is 13.3. The maximum atomic E-state index is 11.0. The topological polar surface area (TPSA) is 66.4 Å². The number of aliphatic carboxylic acids is 1. The third kappa shape index (κ3) is 9.38. The summed E-state index contributed by atoms with van der Waals surface area (Å²) in [6.45, 7) is 0.652. The second-order valence-electron chi connectivity index (χ2n) is 2.99. The Morgan fingerprint density at radius 1 is 1.29 bits per heavy atom. The minimum absolute atomic E-state index is 0.0516. The number of amides is 1. The molecule has 82 valence electrons. The molecule has 0 aliphatic heterocycles. The van der Waals surface area contributed by atoms with Crippen LogP contribution in [0.3, 0.4) is 0 Å². The van der Waals surface area contributed by atoms with Crippen LogP contribution in [0.4, 0.5) is 0 Å². The van der Waals surface area contributed by atoms with Crippen LogP contribution >= 0.6 is 11.8 Å². The smallest absolute Gasteiger partial charge is 0.303 e. The average molecular weight is 219 g/mol. The van der Waals surface area contributed by atoms with Crippen LogP contribution < -0.4 is 5.32 Å². The van der Waals surface area contributed by atoms with Crippen LogP contribution in [-0.4, -0.2) is 35.5 Å². The minimum atomic E-state index is -0.753. The zero-order valence-electron chi connectivity index (χ0n) is 8.41. The first-order valence-corrected chi connectivity index (χ1v) is 6.03. The first-order valence-electron chi connectivity index (χ1n) is 4.64. The molecule has 0 unspecified atom stereocenters. The van der Waals surface area contributed by atoms with Gasteiger partial charge in [-0.15, -0.1) is 0 Å². The normalized spacial score (nSPS) is 9.79. The van der Waals surface area contributed by atoms with Gasteiger partial charge in [-0.1, -0.05) is 6.42 Å². The van der Waals surface area contributed by atoms with Gasteiger partial charge < -0.3 is 10.4 Å². The fraction of sp³-hybridized carbons (Fsp3) is 0.778. The number of hydrogen-bond donors (Lipinski definition) is 2. The third-order valence-corrected chi connectivity index (χ3v) is 2.22. The molecule has 0 fully saturated rings. The lowest BCUT2D eigenvalue weighted by molar-refractivity contribution is -0.137. The Morgan fingerprint density at radius 2 is 2.00 bits per heavy atom. The zero-order chi connectivity index (χ0) is 10.8. The fourth-order valence-electron chi connectivity index (χ4n) is 0.988. The summed E-state index contributed by atoms with van der Waals surface area (Å²) in [7, 11) is 0. The van der Waals surface area contributed by atoms with Crippen LogP contribution in [0.15, 0.2) is 0 Å². The molecule has 0 radical (unpaired) electrons. The molecule has 0 rings (SSSR count). The molecule has 0 aromatic carbocycles.